The topological polar surface area (TPSA) is 0 Å². The van der Waals surface area contributed by atoms with Crippen LogP contribution in [0.2, 0.25) is 0 Å². The van der Waals surface area contributed by atoms with Gasteiger partial charge in [0.15, 0.2) is 0 Å². The van der Waals surface area contributed by atoms with Gasteiger partial charge in [0, 0.05) is 0 Å². The molecule has 0 bridgehead atoms. The maximum atomic E-state index is 2.51. The van der Waals surface area contributed by atoms with Gasteiger partial charge in [-0.25, -0.2) is 0 Å². The van der Waals surface area contributed by atoms with E-state index in [0.717, 1.165) is 0 Å². The maximum absolute atomic E-state index is 2.51. The number of hydrogen-bond acceptors (Lipinski definition) is 0. The molecule has 0 N–H and O–H groups in total. The van der Waals surface area contributed by atoms with Gasteiger partial charge in [0.2, 0.25) is 0 Å². The molecule has 2 aliphatic rings. The minimum atomic E-state index is -0.161. The number of hydrogen-bond donors (Lipinski definition) is 0. The fourth-order valence-corrected chi connectivity index (χ4v) is 5.67. The Morgan fingerprint density at radius 1 is 0.696 bits per heavy atom. The molecule has 0 heterocycles. The van der Waals surface area contributed by atoms with Crippen molar-refractivity contribution in [1.29, 1.82) is 0 Å². The van der Waals surface area contributed by atoms with Gasteiger partial charge in [-0.3, -0.25) is 0 Å². The van der Waals surface area contributed by atoms with E-state index in [0.29, 0.717) is 10.8 Å². The van der Waals surface area contributed by atoms with Crippen molar-refractivity contribution >= 4 is 0 Å². The third-order valence-corrected chi connectivity index (χ3v) is 7.46. The Morgan fingerprint density at radius 3 is 1.22 bits per heavy atom. The molecule has 3 heteroatoms. The van der Waals surface area contributed by atoms with E-state index in [1.807, 2.05) is 0 Å². The van der Waals surface area contributed by atoms with Crippen molar-refractivity contribution in [3.05, 3.63) is 42.2 Å². The van der Waals surface area contributed by atoms with Crippen LogP contribution < -0.4 is 24.8 Å². The Morgan fingerprint density at radius 2 is 1.00 bits per heavy atom. The molecule has 0 saturated carbocycles. The largest absolute Gasteiger partial charge is 1.00 e. The van der Waals surface area contributed by atoms with E-state index in [4.69, 9.17) is 0 Å². The quantitative estimate of drug-likeness (QED) is 0.600. The molecule has 0 aromatic rings. The molecule has 0 aromatic carbocycles. The monoisotopic (exact) mass is 388 g/mol. The molecule has 0 unspecified atom stereocenters. The van der Waals surface area contributed by atoms with Crippen LogP contribution in [0.1, 0.15) is 68.2 Å². The third-order valence-electron chi connectivity index (χ3n) is 4.81. The minimum absolute atomic E-state index is 0. The Balaban J connectivity index is 0.00000242. The molecular formula is C20H30Cl2Ti. The standard InChI is InChI=1S/2C10H15.2ClH.Ti/c2*1-8-6-5-7-9(8)10(2,3)4;;;/h2*5H,7H2,1-4H3;2*1H;/q;;;;+2/p-2. The van der Waals surface area contributed by atoms with Crippen LogP contribution in [0.5, 0.6) is 0 Å². The summed E-state index contributed by atoms with van der Waals surface area (Å²) in [6.45, 7) is 18.8. The average Bonchev–Trinajstić information content (AvgIpc) is 2.83. The molecule has 0 radical (unpaired) electrons. The summed E-state index contributed by atoms with van der Waals surface area (Å²) in [5.41, 5.74) is 7.14. The van der Waals surface area contributed by atoms with Gasteiger partial charge < -0.3 is 24.8 Å². The summed E-state index contributed by atoms with van der Waals surface area (Å²) in [4.78, 5) is 0. The SMILES string of the molecule is CC1=C(C(C)(C)C)CC=[C]1[Ti+2][C]1=CCC(C(C)(C)C)=C1C.[Cl-].[Cl-]. The molecule has 0 atom stereocenters. The van der Waals surface area contributed by atoms with Gasteiger partial charge in [-0.15, -0.1) is 0 Å². The number of allylic oxidation sites excluding steroid dienone is 8. The molecular weight excluding hydrogens is 359 g/mol. The van der Waals surface area contributed by atoms with Crippen molar-refractivity contribution in [3.63, 3.8) is 0 Å². The Labute approximate surface area is 164 Å². The van der Waals surface area contributed by atoms with Crippen LogP contribution in [0, 0.1) is 10.8 Å². The minimum Gasteiger partial charge on any atom is -1.00 e. The van der Waals surface area contributed by atoms with Gasteiger partial charge in [0.05, 0.1) is 0 Å². The van der Waals surface area contributed by atoms with Crippen molar-refractivity contribution in [2.75, 3.05) is 0 Å². The summed E-state index contributed by atoms with van der Waals surface area (Å²) in [5.74, 6) is 0. The molecule has 0 aliphatic heterocycles. The first kappa shape index (κ1) is 23.3. The van der Waals surface area contributed by atoms with Crippen LogP contribution in [0.15, 0.2) is 42.2 Å². The van der Waals surface area contributed by atoms with Crippen molar-refractivity contribution in [1.82, 2.24) is 0 Å². The summed E-state index contributed by atoms with van der Waals surface area (Å²) >= 11 is -0.161. The van der Waals surface area contributed by atoms with Gasteiger partial charge in [0.1, 0.15) is 0 Å². The molecule has 0 fully saturated rings. The number of rotatable bonds is 2. The summed E-state index contributed by atoms with van der Waals surface area (Å²) in [5, 5.41) is 0. The molecule has 0 spiro atoms. The second-order valence-electron chi connectivity index (χ2n) is 8.48. The zero-order valence-electron chi connectivity index (χ0n) is 15.8. The first-order valence-electron chi connectivity index (χ1n) is 8.10. The Hall–Kier alpha value is 0.254. The van der Waals surface area contributed by atoms with Crippen LogP contribution in [0.3, 0.4) is 0 Å². The summed E-state index contributed by atoms with van der Waals surface area (Å²) in [7, 11) is 0. The fourth-order valence-electron chi connectivity index (χ4n) is 3.52. The van der Waals surface area contributed by atoms with Gasteiger partial charge in [-0.2, -0.15) is 0 Å². The van der Waals surface area contributed by atoms with Crippen molar-refractivity contribution in [2.45, 2.75) is 68.2 Å². The average molecular weight is 389 g/mol. The zero-order valence-corrected chi connectivity index (χ0v) is 18.9. The van der Waals surface area contributed by atoms with Crippen LogP contribution in [-0.2, 0) is 19.2 Å². The Kier molecular flexibility index (Phi) is 8.18. The molecule has 0 nitrogen and oxygen atoms in total. The van der Waals surface area contributed by atoms with Crippen molar-refractivity contribution in [3.8, 4) is 0 Å². The van der Waals surface area contributed by atoms with Gasteiger partial charge in [-0.1, -0.05) is 0 Å². The summed E-state index contributed by atoms with van der Waals surface area (Å²) in [6.07, 6.45) is 7.38. The van der Waals surface area contributed by atoms with E-state index in [9.17, 15) is 0 Å². The van der Waals surface area contributed by atoms with Crippen molar-refractivity contribution < 1.29 is 44.0 Å². The van der Waals surface area contributed by atoms with Crippen LogP contribution in [0.25, 0.3) is 0 Å². The second-order valence-corrected chi connectivity index (χ2v) is 10.5. The normalized spacial score (nSPS) is 18.3. The molecule has 0 aromatic heterocycles. The van der Waals surface area contributed by atoms with E-state index in [2.05, 4.69) is 67.5 Å². The van der Waals surface area contributed by atoms with E-state index in [1.165, 1.54) is 12.8 Å². The second kappa shape index (κ2) is 8.09. The third kappa shape index (κ3) is 5.11. The molecule has 2 aliphatic carbocycles. The first-order valence-corrected chi connectivity index (χ1v) is 9.66. The smallest absolute Gasteiger partial charge is 1.00 e. The summed E-state index contributed by atoms with van der Waals surface area (Å²) in [6, 6.07) is 0. The Bertz CT molecular complexity index is 524. The maximum Gasteiger partial charge on any atom is -1.00 e. The van der Waals surface area contributed by atoms with Gasteiger partial charge >= 0.3 is 140 Å². The molecule has 0 amide bonds. The predicted molar refractivity (Wildman–Crippen MR) is 89.7 cm³/mol. The first-order chi connectivity index (χ1) is 9.51. The predicted octanol–water partition coefficient (Wildman–Crippen LogP) is 0.377. The van der Waals surface area contributed by atoms with Crippen LogP contribution >= 0.6 is 0 Å². The summed E-state index contributed by atoms with van der Waals surface area (Å²) < 4.78 is 3.36. The van der Waals surface area contributed by atoms with E-state index in [1.54, 1.807) is 30.0 Å². The van der Waals surface area contributed by atoms with E-state index < -0.39 is 0 Å². The molecule has 128 valence electrons. The van der Waals surface area contributed by atoms with E-state index in [-0.39, 0.29) is 44.0 Å². The van der Waals surface area contributed by atoms with Gasteiger partial charge in [0.25, 0.3) is 0 Å². The molecule has 0 saturated heterocycles. The molecule has 2 rings (SSSR count). The molecule has 23 heavy (non-hydrogen) atoms. The van der Waals surface area contributed by atoms with Gasteiger partial charge in [-0.05, 0) is 0 Å². The van der Waals surface area contributed by atoms with E-state index >= 15 is 0 Å². The zero-order chi connectivity index (χ0) is 16.0. The number of halogens is 2. The van der Waals surface area contributed by atoms with Crippen LogP contribution in [0.4, 0.5) is 0 Å². The fraction of sp³-hybridized carbons (Fsp3) is 0.600. The van der Waals surface area contributed by atoms with Crippen LogP contribution in [-0.4, -0.2) is 0 Å². The van der Waals surface area contributed by atoms with Crippen molar-refractivity contribution in [2.24, 2.45) is 10.8 Å².